The van der Waals surface area contributed by atoms with Crippen LogP contribution in [0.1, 0.15) is 16.8 Å². The minimum atomic E-state index is -0.345. The first-order valence-corrected chi connectivity index (χ1v) is 4.05. The van der Waals surface area contributed by atoms with E-state index in [0.29, 0.717) is 16.8 Å². The molecule has 0 atom stereocenters. The summed E-state index contributed by atoms with van der Waals surface area (Å²) in [5.41, 5.74) is 6.21. The van der Waals surface area contributed by atoms with Gasteiger partial charge in [0.05, 0.1) is 5.69 Å². The maximum Gasteiger partial charge on any atom is 0.255 e. The van der Waals surface area contributed by atoms with Crippen LogP contribution in [0.2, 0.25) is 0 Å². The van der Waals surface area contributed by atoms with Crippen molar-refractivity contribution in [3.8, 4) is 0 Å². The molecule has 2 N–H and O–H groups in total. The van der Waals surface area contributed by atoms with Crippen LogP contribution in [0.3, 0.4) is 0 Å². The van der Waals surface area contributed by atoms with Crippen LogP contribution in [0.15, 0.2) is 4.79 Å². The van der Waals surface area contributed by atoms with Crippen LogP contribution in [-0.2, 0) is 13.6 Å². The van der Waals surface area contributed by atoms with Crippen molar-refractivity contribution >= 4 is 0 Å². The van der Waals surface area contributed by atoms with E-state index in [1.54, 1.807) is 20.9 Å². The Morgan fingerprint density at radius 2 is 2.00 bits per heavy atom. The van der Waals surface area contributed by atoms with Crippen molar-refractivity contribution in [3.63, 3.8) is 0 Å². The first-order chi connectivity index (χ1) is 6.00. The zero-order chi connectivity index (χ0) is 10.2. The Labute approximate surface area is 76.0 Å². The standard InChI is InChI=1S/C9H13FN2O/c1-5-7(4-11)9(13)12(3)6(2)8(5)10/h4,11H2,1-3H3. The van der Waals surface area contributed by atoms with E-state index in [2.05, 4.69) is 0 Å². The molecule has 72 valence electrons. The summed E-state index contributed by atoms with van der Waals surface area (Å²) in [5, 5.41) is 0. The highest BCUT2D eigenvalue weighted by Crippen LogP contribution is 2.11. The van der Waals surface area contributed by atoms with Crippen LogP contribution in [0.4, 0.5) is 4.39 Å². The average molecular weight is 184 g/mol. The maximum absolute atomic E-state index is 13.4. The second-order valence-electron chi connectivity index (χ2n) is 3.07. The summed E-state index contributed by atoms with van der Waals surface area (Å²) in [4.78, 5) is 11.5. The zero-order valence-electron chi connectivity index (χ0n) is 8.02. The lowest BCUT2D eigenvalue weighted by atomic mass is 10.1. The lowest BCUT2D eigenvalue weighted by Gasteiger charge is -2.10. The summed E-state index contributed by atoms with van der Waals surface area (Å²) < 4.78 is 14.7. The smallest absolute Gasteiger partial charge is 0.255 e. The molecule has 13 heavy (non-hydrogen) atoms. The number of hydrogen-bond acceptors (Lipinski definition) is 2. The third kappa shape index (κ3) is 1.37. The molecule has 0 bridgehead atoms. The Morgan fingerprint density at radius 1 is 1.46 bits per heavy atom. The minimum absolute atomic E-state index is 0.0791. The summed E-state index contributed by atoms with van der Waals surface area (Å²) in [6.45, 7) is 3.23. The molecule has 0 aromatic carbocycles. The third-order valence-electron chi connectivity index (χ3n) is 2.37. The van der Waals surface area contributed by atoms with Gasteiger partial charge in [0.2, 0.25) is 0 Å². The van der Waals surface area contributed by atoms with Crippen LogP contribution in [-0.4, -0.2) is 4.57 Å². The van der Waals surface area contributed by atoms with Gasteiger partial charge in [-0.2, -0.15) is 0 Å². The number of hydrogen-bond donors (Lipinski definition) is 1. The predicted molar refractivity (Wildman–Crippen MR) is 49.0 cm³/mol. The molecule has 0 saturated heterocycles. The number of pyridine rings is 1. The van der Waals surface area contributed by atoms with Gasteiger partial charge in [-0.25, -0.2) is 4.39 Å². The Morgan fingerprint density at radius 3 is 2.46 bits per heavy atom. The quantitative estimate of drug-likeness (QED) is 0.694. The molecule has 1 aromatic heterocycles. The van der Waals surface area contributed by atoms with Gasteiger partial charge in [-0.05, 0) is 19.4 Å². The van der Waals surface area contributed by atoms with Crippen LogP contribution < -0.4 is 11.3 Å². The van der Waals surface area contributed by atoms with Gasteiger partial charge in [0.15, 0.2) is 0 Å². The van der Waals surface area contributed by atoms with Crippen molar-refractivity contribution in [1.29, 1.82) is 0 Å². The molecule has 0 aliphatic rings. The van der Waals surface area contributed by atoms with E-state index in [1.165, 1.54) is 4.57 Å². The van der Waals surface area contributed by atoms with E-state index in [0.717, 1.165) is 0 Å². The number of aromatic nitrogens is 1. The molecule has 0 amide bonds. The molecule has 0 spiro atoms. The summed E-state index contributed by atoms with van der Waals surface area (Å²) in [6, 6.07) is 0. The third-order valence-corrected chi connectivity index (χ3v) is 2.37. The van der Waals surface area contributed by atoms with Gasteiger partial charge in [-0.1, -0.05) is 0 Å². The first-order valence-electron chi connectivity index (χ1n) is 4.05. The second-order valence-corrected chi connectivity index (χ2v) is 3.07. The Bertz CT molecular complexity index is 396. The second kappa shape index (κ2) is 3.30. The van der Waals surface area contributed by atoms with Crippen molar-refractivity contribution in [1.82, 2.24) is 4.57 Å². The lowest BCUT2D eigenvalue weighted by molar-refractivity contribution is 0.572. The molecule has 4 heteroatoms. The molecular weight excluding hydrogens is 171 g/mol. The molecule has 0 saturated carbocycles. The molecule has 1 aromatic rings. The van der Waals surface area contributed by atoms with E-state index in [4.69, 9.17) is 5.73 Å². The van der Waals surface area contributed by atoms with Crippen molar-refractivity contribution in [2.45, 2.75) is 20.4 Å². The maximum atomic E-state index is 13.4. The molecule has 0 aliphatic carbocycles. The Balaban J connectivity index is 3.67. The number of rotatable bonds is 1. The monoisotopic (exact) mass is 184 g/mol. The Hall–Kier alpha value is -1.16. The van der Waals surface area contributed by atoms with Crippen molar-refractivity contribution in [2.75, 3.05) is 0 Å². The fraction of sp³-hybridized carbons (Fsp3) is 0.444. The zero-order valence-corrected chi connectivity index (χ0v) is 8.02. The van der Waals surface area contributed by atoms with E-state index in [-0.39, 0.29) is 17.9 Å². The van der Waals surface area contributed by atoms with Gasteiger partial charge < -0.3 is 10.3 Å². The highest BCUT2D eigenvalue weighted by atomic mass is 19.1. The predicted octanol–water partition coefficient (Wildman–Crippen LogP) is 0.600. The average Bonchev–Trinajstić information content (AvgIpc) is 2.13. The highest BCUT2D eigenvalue weighted by molar-refractivity contribution is 5.27. The minimum Gasteiger partial charge on any atom is -0.326 e. The normalized spacial score (nSPS) is 10.5. The van der Waals surface area contributed by atoms with Gasteiger partial charge in [0.1, 0.15) is 5.82 Å². The van der Waals surface area contributed by atoms with Gasteiger partial charge in [0, 0.05) is 19.2 Å². The van der Waals surface area contributed by atoms with Gasteiger partial charge >= 0.3 is 0 Å². The largest absolute Gasteiger partial charge is 0.326 e. The van der Waals surface area contributed by atoms with Gasteiger partial charge in [-0.3, -0.25) is 4.79 Å². The van der Waals surface area contributed by atoms with Gasteiger partial charge in [0.25, 0.3) is 5.56 Å². The highest BCUT2D eigenvalue weighted by Gasteiger charge is 2.12. The van der Waals surface area contributed by atoms with E-state index in [9.17, 15) is 9.18 Å². The van der Waals surface area contributed by atoms with Crippen LogP contribution in [0.25, 0.3) is 0 Å². The van der Waals surface area contributed by atoms with E-state index in [1.807, 2.05) is 0 Å². The van der Waals surface area contributed by atoms with Gasteiger partial charge in [-0.15, -0.1) is 0 Å². The summed E-state index contributed by atoms with van der Waals surface area (Å²) in [6.07, 6.45) is 0. The Kier molecular flexibility index (Phi) is 2.52. The fourth-order valence-corrected chi connectivity index (χ4v) is 1.31. The van der Waals surface area contributed by atoms with Crippen LogP contribution in [0.5, 0.6) is 0 Å². The van der Waals surface area contributed by atoms with E-state index < -0.39 is 0 Å². The number of nitrogens with two attached hydrogens (primary N) is 1. The topological polar surface area (TPSA) is 48.0 Å². The van der Waals surface area contributed by atoms with Crippen LogP contribution >= 0.6 is 0 Å². The summed E-state index contributed by atoms with van der Waals surface area (Å²) >= 11 is 0. The SMILES string of the molecule is Cc1c(F)c(C)n(C)c(=O)c1CN. The van der Waals surface area contributed by atoms with Crippen molar-refractivity contribution in [3.05, 3.63) is 33.0 Å². The molecule has 3 nitrogen and oxygen atoms in total. The number of halogens is 1. The van der Waals surface area contributed by atoms with Crippen LogP contribution in [0, 0.1) is 19.7 Å². The lowest BCUT2D eigenvalue weighted by Crippen LogP contribution is -2.27. The molecule has 1 heterocycles. The summed E-state index contributed by atoms with van der Waals surface area (Å²) in [7, 11) is 1.54. The van der Waals surface area contributed by atoms with E-state index >= 15 is 0 Å². The molecule has 0 unspecified atom stereocenters. The number of nitrogens with zero attached hydrogens (tertiary/aromatic N) is 1. The first kappa shape index (κ1) is 9.92. The summed E-state index contributed by atoms with van der Waals surface area (Å²) in [5.74, 6) is -0.345. The van der Waals surface area contributed by atoms with Crippen molar-refractivity contribution in [2.24, 2.45) is 12.8 Å². The molecule has 1 rings (SSSR count). The molecular formula is C9H13FN2O. The van der Waals surface area contributed by atoms with Crippen molar-refractivity contribution < 1.29 is 4.39 Å². The molecule has 0 radical (unpaired) electrons. The fourth-order valence-electron chi connectivity index (χ4n) is 1.31. The molecule has 0 aliphatic heterocycles. The molecule has 0 fully saturated rings.